The molecule has 0 atom stereocenters. The second-order valence-corrected chi connectivity index (χ2v) is 4.60. The Kier molecular flexibility index (Phi) is 2.99. The first kappa shape index (κ1) is 12.4. The zero-order chi connectivity index (χ0) is 14.1. The third-order valence-electron chi connectivity index (χ3n) is 3.39. The molecule has 0 saturated carbocycles. The molecule has 0 unspecified atom stereocenters. The summed E-state index contributed by atoms with van der Waals surface area (Å²) in [5.41, 5.74) is 3.76. The van der Waals surface area contributed by atoms with Gasteiger partial charge in [0.25, 0.3) is 5.69 Å². The van der Waals surface area contributed by atoms with Gasteiger partial charge in [0.05, 0.1) is 17.2 Å². The standard InChI is InChI=1S/C12H14N6O2/c13-15-9-5-10(7-11(6-9)18(19)20)17-4-3-16-2-1-14-12(16)8-17/h1-2,5-7,15H,3-4,8,13H2. The van der Waals surface area contributed by atoms with Crippen LogP contribution in [0.3, 0.4) is 0 Å². The molecule has 1 aromatic carbocycles. The molecule has 0 spiro atoms. The Morgan fingerprint density at radius 2 is 2.20 bits per heavy atom. The minimum Gasteiger partial charge on any atom is -0.362 e. The van der Waals surface area contributed by atoms with E-state index in [1.807, 2.05) is 6.20 Å². The molecule has 3 N–H and O–H groups in total. The molecule has 1 aliphatic heterocycles. The van der Waals surface area contributed by atoms with Gasteiger partial charge in [-0.1, -0.05) is 0 Å². The lowest BCUT2D eigenvalue weighted by Crippen LogP contribution is -2.33. The highest BCUT2D eigenvalue weighted by molar-refractivity contribution is 5.64. The van der Waals surface area contributed by atoms with Crippen molar-refractivity contribution >= 4 is 17.1 Å². The molecular weight excluding hydrogens is 260 g/mol. The van der Waals surface area contributed by atoms with Crippen molar-refractivity contribution in [1.29, 1.82) is 0 Å². The van der Waals surface area contributed by atoms with E-state index >= 15 is 0 Å². The molecule has 0 aliphatic carbocycles. The van der Waals surface area contributed by atoms with Gasteiger partial charge in [0.1, 0.15) is 5.82 Å². The van der Waals surface area contributed by atoms with Crippen LogP contribution in [0.25, 0.3) is 0 Å². The van der Waals surface area contributed by atoms with E-state index in [4.69, 9.17) is 5.84 Å². The first-order valence-electron chi connectivity index (χ1n) is 6.18. The average molecular weight is 274 g/mol. The van der Waals surface area contributed by atoms with E-state index in [9.17, 15) is 10.1 Å². The fraction of sp³-hybridized carbons (Fsp3) is 0.250. The number of nitrogens with one attached hydrogen (secondary N) is 1. The minimum absolute atomic E-state index is 0.0179. The normalized spacial score (nSPS) is 13.9. The number of anilines is 2. The van der Waals surface area contributed by atoms with Gasteiger partial charge in [0.15, 0.2) is 0 Å². The van der Waals surface area contributed by atoms with Gasteiger partial charge in [-0.05, 0) is 6.07 Å². The molecule has 1 aliphatic rings. The quantitative estimate of drug-likeness (QED) is 0.493. The molecule has 2 heterocycles. The second-order valence-electron chi connectivity index (χ2n) is 4.60. The van der Waals surface area contributed by atoms with Crippen molar-refractivity contribution in [2.45, 2.75) is 13.1 Å². The Labute approximate surface area is 114 Å². The van der Waals surface area contributed by atoms with Crippen LogP contribution < -0.4 is 16.2 Å². The van der Waals surface area contributed by atoms with Crippen LogP contribution in [0.1, 0.15) is 5.82 Å². The van der Waals surface area contributed by atoms with Gasteiger partial charge in [-0.15, -0.1) is 0 Å². The highest BCUT2D eigenvalue weighted by Gasteiger charge is 2.19. The van der Waals surface area contributed by atoms with Crippen molar-refractivity contribution in [2.24, 2.45) is 5.84 Å². The Morgan fingerprint density at radius 3 is 2.95 bits per heavy atom. The summed E-state index contributed by atoms with van der Waals surface area (Å²) in [6, 6.07) is 4.76. The molecule has 0 radical (unpaired) electrons. The summed E-state index contributed by atoms with van der Waals surface area (Å²) in [5, 5.41) is 11.0. The Morgan fingerprint density at radius 1 is 1.35 bits per heavy atom. The van der Waals surface area contributed by atoms with E-state index in [0.29, 0.717) is 12.2 Å². The van der Waals surface area contributed by atoms with E-state index < -0.39 is 4.92 Å². The van der Waals surface area contributed by atoms with E-state index in [2.05, 4.69) is 19.9 Å². The number of hydrazine groups is 1. The van der Waals surface area contributed by atoms with Gasteiger partial charge in [-0.25, -0.2) is 4.98 Å². The summed E-state index contributed by atoms with van der Waals surface area (Å²) in [6.45, 7) is 2.20. The SMILES string of the molecule is NNc1cc(N2CCn3ccnc3C2)cc([N+](=O)[O-])c1. The number of fused-ring (bicyclic) bond motifs is 1. The molecule has 0 fully saturated rings. The Balaban J connectivity index is 1.94. The number of non-ortho nitro benzene ring substituents is 1. The maximum absolute atomic E-state index is 11.0. The fourth-order valence-corrected chi connectivity index (χ4v) is 2.36. The van der Waals surface area contributed by atoms with Crippen LogP contribution in [0.4, 0.5) is 17.1 Å². The van der Waals surface area contributed by atoms with Crippen LogP contribution in [0.15, 0.2) is 30.6 Å². The summed E-state index contributed by atoms with van der Waals surface area (Å²) in [5.74, 6) is 6.32. The molecule has 0 amide bonds. The van der Waals surface area contributed by atoms with Crippen LogP contribution in [0.5, 0.6) is 0 Å². The lowest BCUT2D eigenvalue weighted by atomic mass is 10.2. The second kappa shape index (κ2) is 4.82. The molecule has 0 bridgehead atoms. The van der Waals surface area contributed by atoms with Gasteiger partial charge in [0, 0.05) is 43.3 Å². The average Bonchev–Trinajstić information content (AvgIpc) is 2.94. The molecule has 2 aromatic rings. The minimum atomic E-state index is -0.421. The van der Waals surface area contributed by atoms with Crippen LogP contribution >= 0.6 is 0 Å². The number of nitrogens with two attached hydrogens (primary N) is 1. The summed E-state index contributed by atoms with van der Waals surface area (Å²) in [7, 11) is 0. The molecule has 20 heavy (non-hydrogen) atoms. The number of nitrogen functional groups attached to an aromatic ring is 1. The molecular formula is C12H14N6O2. The fourth-order valence-electron chi connectivity index (χ4n) is 2.36. The van der Waals surface area contributed by atoms with Crippen molar-refractivity contribution in [3.63, 3.8) is 0 Å². The Hall–Kier alpha value is -2.61. The molecule has 1 aromatic heterocycles. The van der Waals surface area contributed by atoms with Gasteiger partial charge in [0.2, 0.25) is 0 Å². The first-order valence-corrected chi connectivity index (χ1v) is 6.18. The predicted molar refractivity (Wildman–Crippen MR) is 74.2 cm³/mol. The van der Waals surface area contributed by atoms with Gasteiger partial charge in [-0.2, -0.15) is 0 Å². The third kappa shape index (κ3) is 2.16. The van der Waals surface area contributed by atoms with E-state index in [1.165, 1.54) is 6.07 Å². The highest BCUT2D eigenvalue weighted by Crippen LogP contribution is 2.28. The molecule has 104 valence electrons. The summed E-state index contributed by atoms with van der Waals surface area (Å²) in [6.07, 6.45) is 3.70. The number of imidazole rings is 1. The van der Waals surface area contributed by atoms with E-state index in [-0.39, 0.29) is 5.69 Å². The van der Waals surface area contributed by atoms with Crippen LogP contribution in [0.2, 0.25) is 0 Å². The van der Waals surface area contributed by atoms with Gasteiger partial charge >= 0.3 is 0 Å². The van der Waals surface area contributed by atoms with Gasteiger partial charge in [-0.3, -0.25) is 16.0 Å². The molecule has 0 saturated heterocycles. The van der Waals surface area contributed by atoms with Gasteiger partial charge < -0.3 is 14.9 Å². The van der Waals surface area contributed by atoms with Crippen molar-refractivity contribution in [3.8, 4) is 0 Å². The number of rotatable bonds is 3. The summed E-state index contributed by atoms with van der Waals surface area (Å²) < 4.78 is 2.08. The maximum atomic E-state index is 11.0. The number of hydrogen-bond donors (Lipinski definition) is 2. The summed E-state index contributed by atoms with van der Waals surface area (Å²) in [4.78, 5) is 16.9. The van der Waals surface area contributed by atoms with Crippen molar-refractivity contribution in [2.75, 3.05) is 16.9 Å². The van der Waals surface area contributed by atoms with Crippen LogP contribution in [0, 0.1) is 10.1 Å². The number of nitro benzene ring substituents is 1. The van der Waals surface area contributed by atoms with Crippen molar-refractivity contribution < 1.29 is 4.92 Å². The number of nitrogens with zero attached hydrogens (tertiary/aromatic N) is 4. The number of nitro groups is 1. The lowest BCUT2D eigenvalue weighted by Gasteiger charge is -2.29. The van der Waals surface area contributed by atoms with Crippen LogP contribution in [-0.4, -0.2) is 21.0 Å². The smallest absolute Gasteiger partial charge is 0.273 e. The van der Waals surface area contributed by atoms with E-state index in [0.717, 1.165) is 24.6 Å². The highest BCUT2D eigenvalue weighted by atomic mass is 16.6. The summed E-state index contributed by atoms with van der Waals surface area (Å²) >= 11 is 0. The number of benzene rings is 1. The van der Waals surface area contributed by atoms with Crippen molar-refractivity contribution in [3.05, 3.63) is 46.5 Å². The van der Waals surface area contributed by atoms with Crippen molar-refractivity contribution in [1.82, 2.24) is 9.55 Å². The first-order chi connectivity index (χ1) is 9.67. The molecule has 8 heteroatoms. The Bertz CT molecular complexity index is 653. The molecule has 8 nitrogen and oxygen atoms in total. The number of hydrogen-bond acceptors (Lipinski definition) is 6. The van der Waals surface area contributed by atoms with Crippen LogP contribution in [-0.2, 0) is 13.1 Å². The zero-order valence-electron chi connectivity index (χ0n) is 10.7. The number of aromatic nitrogens is 2. The topological polar surface area (TPSA) is 102 Å². The molecule has 3 rings (SSSR count). The predicted octanol–water partition coefficient (Wildman–Crippen LogP) is 1.10. The lowest BCUT2D eigenvalue weighted by molar-refractivity contribution is -0.384. The monoisotopic (exact) mass is 274 g/mol. The van der Waals surface area contributed by atoms with E-state index in [1.54, 1.807) is 18.3 Å². The third-order valence-corrected chi connectivity index (χ3v) is 3.39. The maximum Gasteiger partial charge on any atom is 0.273 e. The zero-order valence-corrected chi connectivity index (χ0v) is 10.7. The largest absolute Gasteiger partial charge is 0.362 e.